The molecule has 0 aliphatic carbocycles. The fraction of sp³-hybridized carbons (Fsp3) is 0.500. The Kier molecular flexibility index (Phi) is 4.59. The van der Waals surface area contributed by atoms with Crippen LogP contribution in [0.4, 0.5) is 0 Å². The molecule has 3 nitrogen and oxygen atoms in total. The van der Waals surface area contributed by atoms with Crippen molar-refractivity contribution in [2.45, 2.75) is 19.6 Å². The fourth-order valence-electron chi connectivity index (χ4n) is 1.59. The Balaban J connectivity index is 3.01. The maximum absolute atomic E-state index is 5.26. The molecule has 84 valence electrons. The average molecular weight is 210 g/mol. The minimum absolute atomic E-state index is 0.304. The second kappa shape index (κ2) is 5.73. The first-order chi connectivity index (χ1) is 7.26. The Labute approximate surface area is 91.0 Å². The van der Waals surface area contributed by atoms with Crippen LogP contribution >= 0.6 is 0 Å². The van der Waals surface area contributed by atoms with E-state index in [-0.39, 0.29) is 6.29 Å². The molecule has 0 bridgehead atoms. The quantitative estimate of drug-likeness (QED) is 0.699. The van der Waals surface area contributed by atoms with E-state index < -0.39 is 0 Å². The van der Waals surface area contributed by atoms with E-state index in [0.717, 1.165) is 23.3 Å². The topological polar surface area (TPSA) is 27.7 Å². The maximum atomic E-state index is 5.26. The SMILES string of the molecule is CCc1cc(C(OC)OC)ccc1OC. The molecule has 0 heterocycles. The summed E-state index contributed by atoms with van der Waals surface area (Å²) in [6.07, 6.45) is 0.623. The van der Waals surface area contributed by atoms with Gasteiger partial charge in [-0.05, 0) is 24.1 Å². The van der Waals surface area contributed by atoms with Crippen LogP contribution in [0.2, 0.25) is 0 Å². The summed E-state index contributed by atoms with van der Waals surface area (Å²) in [6, 6.07) is 5.95. The fourth-order valence-corrected chi connectivity index (χ4v) is 1.59. The summed E-state index contributed by atoms with van der Waals surface area (Å²) in [6.45, 7) is 2.09. The summed E-state index contributed by atoms with van der Waals surface area (Å²) >= 11 is 0. The molecule has 0 fully saturated rings. The van der Waals surface area contributed by atoms with E-state index >= 15 is 0 Å². The van der Waals surface area contributed by atoms with E-state index in [1.165, 1.54) is 0 Å². The van der Waals surface area contributed by atoms with Gasteiger partial charge in [-0.15, -0.1) is 0 Å². The summed E-state index contributed by atoms with van der Waals surface area (Å²) in [5.74, 6) is 0.909. The molecule has 3 heteroatoms. The largest absolute Gasteiger partial charge is 0.496 e. The Morgan fingerprint density at radius 1 is 1.13 bits per heavy atom. The number of hydrogen-bond acceptors (Lipinski definition) is 3. The molecule has 1 rings (SSSR count). The van der Waals surface area contributed by atoms with E-state index in [1.807, 2.05) is 12.1 Å². The Bertz CT molecular complexity index is 306. The first-order valence-corrected chi connectivity index (χ1v) is 4.99. The van der Waals surface area contributed by atoms with Crippen LogP contribution in [0.15, 0.2) is 18.2 Å². The molecule has 1 aromatic rings. The van der Waals surface area contributed by atoms with Crippen molar-refractivity contribution in [3.05, 3.63) is 29.3 Å². The van der Waals surface area contributed by atoms with Gasteiger partial charge in [-0.3, -0.25) is 0 Å². The van der Waals surface area contributed by atoms with Crippen LogP contribution in [0, 0.1) is 0 Å². The number of ether oxygens (including phenoxy) is 3. The van der Waals surface area contributed by atoms with Gasteiger partial charge >= 0.3 is 0 Å². The molecular weight excluding hydrogens is 192 g/mol. The van der Waals surface area contributed by atoms with Crippen LogP contribution in [0.3, 0.4) is 0 Å². The number of methoxy groups -OCH3 is 3. The van der Waals surface area contributed by atoms with Gasteiger partial charge < -0.3 is 14.2 Å². The highest BCUT2D eigenvalue weighted by atomic mass is 16.7. The number of rotatable bonds is 5. The van der Waals surface area contributed by atoms with Crippen molar-refractivity contribution in [3.8, 4) is 5.75 Å². The Morgan fingerprint density at radius 2 is 1.80 bits per heavy atom. The molecule has 0 N–H and O–H groups in total. The van der Waals surface area contributed by atoms with Crippen LogP contribution in [0.5, 0.6) is 5.75 Å². The molecule has 0 atom stereocenters. The summed E-state index contributed by atoms with van der Waals surface area (Å²) in [5, 5.41) is 0. The van der Waals surface area contributed by atoms with E-state index in [4.69, 9.17) is 14.2 Å². The van der Waals surface area contributed by atoms with Crippen LogP contribution in [-0.2, 0) is 15.9 Å². The molecule has 0 saturated carbocycles. The van der Waals surface area contributed by atoms with Crippen LogP contribution in [0.1, 0.15) is 24.3 Å². The van der Waals surface area contributed by atoms with Gasteiger partial charge in [0, 0.05) is 19.8 Å². The maximum Gasteiger partial charge on any atom is 0.183 e. The summed E-state index contributed by atoms with van der Waals surface area (Å²) in [5.41, 5.74) is 2.17. The first-order valence-electron chi connectivity index (χ1n) is 4.99. The highest BCUT2D eigenvalue weighted by molar-refractivity contribution is 5.37. The highest BCUT2D eigenvalue weighted by Gasteiger charge is 2.11. The minimum atomic E-state index is -0.304. The van der Waals surface area contributed by atoms with E-state index in [0.29, 0.717) is 0 Å². The van der Waals surface area contributed by atoms with Crippen LogP contribution < -0.4 is 4.74 Å². The first kappa shape index (κ1) is 12.0. The molecule has 15 heavy (non-hydrogen) atoms. The van der Waals surface area contributed by atoms with Gasteiger partial charge in [-0.25, -0.2) is 0 Å². The average Bonchev–Trinajstić information content (AvgIpc) is 2.30. The third-order valence-electron chi connectivity index (χ3n) is 2.39. The van der Waals surface area contributed by atoms with Crippen molar-refractivity contribution in [3.63, 3.8) is 0 Å². The number of hydrogen-bond donors (Lipinski definition) is 0. The van der Waals surface area contributed by atoms with Crippen molar-refractivity contribution < 1.29 is 14.2 Å². The monoisotopic (exact) mass is 210 g/mol. The summed E-state index contributed by atoms with van der Waals surface area (Å²) in [4.78, 5) is 0. The second-order valence-electron chi connectivity index (χ2n) is 3.23. The van der Waals surface area contributed by atoms with E-state index in [1.54, 1.807) is 21.3 Å². The van der Waals surface area contributed by atoms with Gasteiger partial charge in [0.15, 0.2) is 6.29 Å². The highest BCUT2D eigenvalue weighted by Crippen LogP contribution is 2.25. The smallest absolute Gasteiger partial charge is 0.183 e. The minimum Gasteiger partial charge on any atom is -0.496 e. The predicted octanol–water partition coefficient (Wildman–Crippen LogP) is 2.55. The molecule has 0 aliphatic rings. The lowest BCUT2D eigenvalue weighted by molar-refractivity contribution is -0.106. The Hall–Kier alpha value is -1.06. The van der Waals surface area contributed by atoms with Gasteiger partial charge in [0.1, 0.15) is 5.75 Å². The zero-order valence-electron chi connectivity index (χ0n) is 9.74. The van der Waals surface area contributed by atoms with Gasteiger partial charge in [-0.2, -0.15) is 0 Å². The lowest BCUT2D eigenvalue weighted by Gasteiger charge is -2.15. The molecule has 0 radical (unpaired) electrons. The lowest BCUT2D eigenvalue weighted by atomic mass is 10.1. The molecule has 1 aromatic carbocycles. The number of benzene rings is 1. The molecule has 0 amide bonds. The van der Waals surface area contributed by atoms with E-state index in [9.17, 15) is 0 Å². The normalized spacial score (nSPS) is 10.7. The molecule has 0 aromatic heterocycles. The van der Waals surface area contributed by atoms with Gasteiger partial charge in [0.25, 0.3) is 0 Å². The summed E-state index contributed by atoms with van der Waals surface area (Å²) in [7, 11) is 4.94. The predicted molar refractivity (Wildman–Crippen MR) is 59.1 cm³/mol. The van der Waals surface area contributed by atoms with Crippen LogP contribution in [-0.4, -0.2) is 21.3 Å². The van der Waals surface area contributed by atoms with Gasteiger partial charge in [0.05, 0.1) is 7.11 Å². The second-order valence-corrected chi connectivity index (χ2v) is 3.23. The van der Waals surface area contributed by atoms with Gasteiger partial charge in [0.2, 0.25) is 0 Å². The van der Waals surface area contributed by atoms with Crippen molar-refractivity contribution in [2.24, 2.45) is 0 Å². The molecule has 0 unspecified atom stereocenters. The summed E-state index contributed by atoms with van der Waals surface area (Å²) < 4.78 is 15.6. The molecule has 0 saturated heterocycles. The van der Waals surface area contributed by atoms with Crippen LogP contribution in [0.25, 0.3) is 0 Å². The van der Waals surface area contributed by atoms with E-state index in [2.05, 4.69) is 13.0 Å². The lowest BCUT2D eigenvalue weighted by Crippen LogP contribution is -2.04. The molecule has 0 aliphatic heterocycles. The standard InChI is InChI=1S/C12H18O3/c1-5-9-8-10(12(14-3)15-4)6-7-11(9)13-2/h6-8,12H,5H2,1-4H3. The van der Waals surface area contributed by atoms with Crippen molar-refractivity contribution in [1.29, 1.82) is 0 Å². The zero-order valence-corrected chi connectivity index (χ0v) is 9.74. The van der Waals surface area contributed by atoms with Crippen molar-refractivity contribution in [1.82, 2.24) is 0 Å². The number of aryl methyl sites for hydroxylation is 1. The molecule has 0 spiro atoms. The third-order valence-corrected chi connectivity index (χ3v) is 2.39. The Morgan fingerprint density at radius 3 is 2.27 bits per heavy atom. The van der Waals surface area contributed by atoms with Crippen molar-refractivity contribution >= 4 is 0 Å². The third kappa shape index (κ3) is 2.70. The molecular formula is C12H18O3. The van der Waals surface area contributed by atoms with Gasteiger partial charge in [-0.1, -0.05) is 13.0 Å². The van der Waals surface area contributed by atoms with Crippen molar-refractivity contribution in [2.75, 3.05) is 21.3 Å². The zero-order chi connectivity index (χ0) is 11.3.